The summed E-state index contributed by atoms with van der Waals surface area (Å²) in [6.07, 6.45) is 5.27. The summed E-state index contributed by atoms with van der Waals surface area (Å²) >= 11 is 1.71. The van der Waals surface area contributed by atoms with Gasteiger partial charge in [-0.3, -0.25) is 4.79 Å². The maximum atomic E-state index is 12.4. The molecule has 3 nitrogen and oxygen atoms in total. The highest BCUT2D eigenvalue weighted by Gasteiger charge is 2.33. The van der Waals surface area contributed by atoms with Crippen LogP contribution < -0.4 is 0 Å². The van der Waals surface area contributed by atoms with E-state index in [1.165, 1.54) is 22.4 Å². The van der Waals surface area contributed by atoms with Gasteiger partial charge in [0.25, 0.3) is 0 Å². The summed E-state index contributed by atoms with van der Waals surface area (Å²) in [5, 5.41) is 0.0812. The Morgan fingerprint density at radius 1 is 1.04 bits per heavy atom. The Hall–Kier alpha value is -2.46. The number of thioether (sulfide) groups is 1. The Kier molecular flexibility index (Phi) is 4.85. The van der Waals surface area contributed by atoms with E-state index >= 15 is 0 Å². The summed E-state index contributed by atoms with van der Waals surface area (Å²) < 4.78 is 2.18. The lowest BCUT2D eigenvalue weighted by Gasteiger charge is -2.23. The fraction of sp³-hybridized carbons (Fsp3) is 0.227. The van der Waals surface area contributed by atoms with Crippen LogP contribution in [0.25, 0.3) is 5.69 Å². The van der Waals surface area contributed by atoms with Gasteiger partial charge in [-0.05, 0) is 29.7 Å². The van der Waals surface area contributed by atoms with Gasteiger partial charge < -0.3 is 9.47 Å². The third-order valence-corrected chi connectivity index (χ3v) is 6.07. The number of amides is 1. The number of aryl methyl sites for hydroxylation is 1. The van der Waals surface area contributed by atoms with Crippen molar-refractivity contribution in [2.75, 3.05) is 5.75 Å². The van der Waals surface area contributed by atoms with E-state index in [0.29, 0.717) is 12.3 Å². The fourth-order valence-electron chi connectivity index (χ4n) is 3.45. The van der Waals surface area contributed by atoms with Crippen molar-refractivity contribution in [1.82, 2.24) is 9.47 Å². The van der Waals surface area contributed by atoms with Gasteiger partial charge in [0.1, 0.15) is 5.37 Å². The highest BCUT2D eigenvalue weighted by atomic mass is 32.2. The third kappa shape index (κ3) is 3.29. The van der Waals surface area contributed by atoms with E-state index in [0.717, 1.165) is 6.42 Å². The number of carbonyl (C=O) groups is 1. The molecule has 0 unspecified atom stereocenters. The Morgan fingerprint density at radius 2 is 1.81 bits per heavy atom. The number of hydrogen-bond donors (Lipinski definition) is 0. The van der Waals surface area contributed by atoms with Gasteiger partial charge in [-0.25, -0.2) is 0 Å². The van der Waals surface area contributed by atoms with Crippen molar-refractivity contribution in [1.29, 1.82) is 0 Å². The van der Waals surface area contributed by atoms with Crippen LogP contribution in [0, 0.1) is 0 Å². The maximum absolute atomic E-state index is 12.4. The Balaban J connectivity index is 1.61. The summed E-state index contributed by atoms with van der Waals surface area (Å²) in [6.45, 7) is 2.84. The molecule has 1 aromatic heterocycles. The number of hydrogen-bond acceptors (Lipinski definition) is 2. The van der Waals surface area contributed by atoms with Crippen LogP contribution >= 0.6 is 11.8 Å². The first-order valence-electron chi connectivity index (χ1n) is 8.97. The lowest BCUT2D eigenvalue weighted by atomic mass is 10.1. The lowest BCUT2D eigenvalue weighted by molar-refractivity contribution is -0.128. The summed E-state index contributed by atoms with van der Waals surface area (Å²) in [4.78, 5) is 14.4. The molecular weight excluding hydrogens is 340 g/mol. The fourth-order valence-corrected chi connectivity index (χ4v) is 4.62. The van der Waals surface area contributed by atoms with Crippen molar-refractivity contribution in [2.45, 2.75) is 25.3 Å². The van der Waals surface area contributed by atoms with E-state index in [4.69, 9.17) is 0 Å². The number of nitrogens with zero attached hydrogens (tertiary/aromatic N) is 2. The van der Waals surface area contributed by atoms with Gasteiger partial charge in [0.15, 0.2) is 0 Å². The molecule has 1 atom stereocenters. The Labute approximate surface area is 158 Å². The number of carbonyl (C=O) groups excluding carboxylic acids is 1. The first kappa shape index (κ1) is 17.0. The van der Waals surface area contributed by atoms with Gasteiger partial charge in [0.2, 0.25) is 5.91 Å². The number of rotatable bonds is 5. The molecule has 0 bridgehead atoms. The van der Waals surface area contributed by atoms with Crippen molar-refractivity contribution in [2.24, 2.45) is 0 Å². The molecule has 1 aliphatic heterocycles. The monoisotopic (exact) mass is 362 g/mol. The predicted molar refractivity (Wildman–Crippen MR) is 107 cm³/mol. The minimum absolute atomic E-state index is 0.0812. The van der Waals surface area contributed by atoms with Crippen molar-refractivity contribution < 1.29 is 4.79 Å². The van der Waals surface area contributed by atoms with E-state index in [2.05, 4.69) is 66.3 Å². The van der Waals surface area contributed by atoms with Gasteiger partial charge in [-0.1, -0.05) is 55.5 Å². The van der Waals surface area contributed by atoms with Crippen molar-refractivity contribution in [3.05, 3.63) is 89.7 Å². The second-order valence-corrected chi connectivity index (χ2v) is 7.57. The first-order chi connectivity index (χ1) is 12.8. The van der Waals surface area contributed by atoms with Crippen LogP contribution in [0.1, 0.15) is 29.0 Å². The number of benzene rings is 2. The van der Waals surface area contributed by atoms with Crippen LogP contribution in [0.5, 0.6) is 0 Å². The SMILES string of the molecule is CCc1ccccc1-n1ccc([C@H]2SCC(=O)N2Cc2ccccc2)c1. The second-order valence-electron chi connectivity index (χ2n) is 6.50. The van der Waals surface area contributed by atoms with E-state index in [1.807, 2.05) is 23.1 Å². The molecule has 0 radical (unpaired) electrons. The molecule has 132 valence electrons. The summed E-state index contributed by atoms with van der Waals surface area (Å²) in [5.41, 5.74) is 4.89. The van der Waals surface area contributed by atoms with E-state index in [1.54, 1.807) is 11.8 Å². The summed E-state index contributed by atoms with van der Waals surface area (Å²) in [7, 11) is 0. The normalized spacial score (nSPS) is 17.0. The molecule has 1 saturated heterocycles. The maximum Gasteiger partial charge on any atom is 0.234 e. The summed E-state index contributed by atoms with van der Waals surface area (Å²) in [6, 6.07) is 20.8. The quantitative estimate of drug-likeness (QED) is 0.650. The van der Waals surface area contributed by atoms with Crippen LogP contribution in [-0.4, -0.2) is 21.1 Å². The lowest BCUT2D eigenvalue weighted by Crippen LogP contribution is -2.27. The zero-order valence-electron chi connectivity index (χ0n) is 14.8. The topological polar surface area (TPSA) is 25.2 Å². The van der Waals surface area contributed by atoms with Crippen molar-refractivity contribution >= 4 is 17.7 Å². The van der Waals surface area contributed by atoms with Crippen molar-refractivity contribution in [3.8, 4) is 5.69 Å². The van der Waals surface area contributed by atoms with Gasteiger partial charge in [-0.2, -0.15) is 0 Å². The molecule has 0 N–H and O–H groups in total. The summed E-state index contributed by atoms with van der Waals surface area (Å²) in [5.74, 6) is 0.763. The molecule has 26 heavy (non-hydrogen) atoms. The average Bonchev–Trinajstić information content (AvgIpc) is 3.30. The molecule has 4 rings (SSSR count). The van der Waals surface area contributed by atoms with Crippen LogP contribution in [0.15, 0.2) is 73.1 Å². The minimum atomic E-state index is 0.0812. The van der Waals surface area contributed by atoms with Crippen LogP contribution in [-0.2, 0) is 17.8 Å². The molecule has 0 aliphatic carbocycles. The zero-order valence-corrected chi connectivity index (χ0v) is 15.7. The van der Waals surface area contributed by atoms with Gasteiger partial charge in [0.05, 0.1) is 5.75 Å². The second kappa shape index (κ2) is 7.42. The molecule has 0 spiro atoms. The molecule has 1 amide bonds. The smallest absolute Gasteiger partial charge is 0.234 e. The molecule has 2 aromatic carbocycles. The van der Waals surface area contributed by atoms with Crippen LogP contribution in [0.4, 0.5) is 0 Å². The van der Waals surface area contributed by atoms with E-state index in [9.17, 15) is 4.79 Å². The molecule has 0 saturated carbocycles. The largest absolute Gasteiger partial charge is 0.323 e. The van der Waals surface area contributed by atoms with Crippen LogP contribution in [0.3, 0.4) is 0 Å². The predicted octanol–water partition coefficient (Wildman–Crippen LogP) is 4.81. The molecule has 2 heterocycles. The molecule has 1 fully saturated rings. The van der Waals surface area contributed by atoms with Crippen LogP contribution in [0.2, 0.25) is 0 Å². The molecule has 3 aromatic rings. The zero-order chi connectivity index (χ0) is 17.9. The van der Waals surface area contributed by atoms with E-state index < -0.39 is 0 Å². The molecular formula is C22H22N2OS. The van der Waals surface area contributed by atoms with Crippen molar-refractivity contribution in [3.63, 3.8) is 0 Å². The average molecular weight is 362 g/mol. The van der Waals surface area contributed by atoms with Gasteiger partial charge in [0, 0.05) is 30.2 Å². The highest BCUT2D eigenvalue weighted by molar-refractivity contribution is 8.00. The highest BCUT2D eigenvalue weighted by Crippen LogP contribution is 2.40. The molecule has 1 aliphatic rings. The standard InChI is InChI=1S/C22H22N2OS/c1-2-18-10-6-7-11-20(18)23-13-12-19(15-23)22-24(21(25)16-26-22)14-17-8-4-3-5-9-17/h3-13,15,22H,2,14,16H2,1H3/t22-/m1/s1. The Bertz CT molecular complexity index is 903. The molecule has 4 heteroatoms. The number of aromatic nitrogens is 1. The van der Waals surface area contributed by atoms with E-state index in [-0.39, 0.29) is 11.3 Å². The Morgan fingerprint density at radius 3 is 2.62 bits per heavy atom. The van der Waals surface area contributed by atoms with Gasteiger partial charge >= 0.3 is 0 Å². The minimum Gasteiger partial charge on any atom is -0.323 e. The van der Waals surface area contributed by atoms with Gasteiger partial charge in [-0.15, -0.1) is 11.8 Å². The number of para-hydroxylation sites is 1. The first-order valence-corrected chi connectivity index (χ1v) is 10.0. The third-order valence-electron chi connectivity index (χ3n) is 4.82.